The van der Waals surface area contributed by atoms with Gasteiger partial charge in [-0.15, -0.1) is 0 Å². The number of fused-ring (bicyclic) bond motifs is 1. The van der Waals surface area contributed by atoms with Gasteiger partial charge in [0.05, 0.1) is 0 Å². The van der Waals surface area contributed by atoms with E-state index in [1.54, 1.807) is 0 Å². The molecule has 0 aromatic heterocycles. The van der Waals surface area contributed by atoms with Crippen molar-refractivity contribution in [3.63, 3.8) is 0 Å². The van der Waals surface area contributed by atoms with Gasteiger partial charge in [-0.05, 0) is 96.9 Å². The van der Waals surface area contributed by atoms with Crippen LogP contribution in [0.5, 0.6) is 0 Å². The number of rotatable bonds is 6. The molecule has 2 heteroatoms. The Morgan fingerprint density at radius 2 is 1.60 bits per heavy atom. The second-order valence-corrected chi connectivity index (χ2v) is 11.0. The van der Waals surface area contributed by atoms with E-state index in [2.05, 4.69) is 61.6 Å². The van der Waals surface area contributed by atoms with Crippen LogP contribution in [0.25, 0.3) is 0 Å². The average Bonchev–Trinajstić information content (AvgIpc) is 3.36. The first kappa shape index (κ1) is 20.6. The summed E-state index contributed by atoms with van der Waals surface area (Å²) in [6.45, 7) is 4.78. The van der Waals surface area contributed by atoms with Gasteiger partial charge in [0.1, 0.15) is 0 Å². The first-order chi connectivity index (χ1) is 14.6. The summed E-state index contributed by atoms with van der Waals surface area (Å²) in [7, 11) is 0. The predicted octanol–water partition coefficient (Wildman–Crippen LogP) is 7.15. The lowest BCUT2D eigenvalue weighted by Gasteiger charge is -2.33. The van der Waals surface area contributed by atoms with Gasteiger partial charge in [-0.25, -0.2) is 0 Å². The van der Waals surface area contributed by atoms with Gasteiger partial charge in [-0.2, -0.15) is 0 Å². The molecule has 0 bridgehead atoms. The van der Waals surface area contributed by atoms with Crippen molar-refractivity contribution >= 4 is 11.6 Å². The maximum absolute atomic E-state index is 6.63. The number of hydrogen-bond acceptors (Lipinski definition) is 1. The lowest BCUT2D eigenvalue weighted by molar-refractivity contribution is 0.247. The molecule has 2 aromatic rings. The number of piperidine rings is 1. The minimum atomic E-state index is 0.698. The van der Waals surface area contributed by atoms with Crippen molar-refractivity contribution in [2.75, 3.05) is 0 Å². The highest BCUT2D eigenvalue weighted by Crippen LogP contribution is 2.41. The van der Waals surface area contributed by atoms with E-state index in [0.717, 1.165) is 41.3 Å². The molecule has 1 saturated heterocycles. The molecule has 0 spiro atoms. The van der Waals surface area contributed by atoms with Gasteiger partial charge in [0.15, 0.2) is 0 Å². The van der Waals surface area contributed by atoms with E-state index in [0.29, 0.717) is 5.92 Å². The van der Waals surface area contributed by atoms with Gasteiger partial charge < -0.3 is 5.32 Å². The molecule has 0 radical (unpaired) electrons. The molecular weight excluding hydrogens is 386 g/mol. The first-order valence-electron chi connectivity index (χ1n) is 12.2. The van der Waals surface area contributed by atoms with E-state index >= 15 is 0 Å². The van der Waals surface area contributed by atoms with Crippen LogP contribution >= 0.6 is 11.6 Å². The van der Waals surface area contributed by atoms with Crippen LogP contribution in [0.1, 0.15) is 80.5 Å². The number of halogens is 1. The third kappa shape index (κ3) is 4.63. The highest BCUT2D eigenvalue weighted by atomic mass is 35.5. The second-order valence-electron chi connectivity index (χ2n) is 10.5. The molecule has 1 unspecified atom stereocenters. The molecule has 0 amide bonds. The van der Waals surface area contributed by atoms with Crippen LogP contribution in [-0.4, -0.2) is 12.1 Å². The fourth-order valence-corrected chi connectivity index (χ4v) is 6.53. The van der Waals surface area contributed by atoms with E-state index in [-0.39, 0.29) is 0 Å². The van der Waals surface area contributed by atoms with Crippen molar-refractivity contribution < 1.29 is 0 Å². The molecule has 2 aromatic carbocycles. The normalized spacial score (nSPS) is 32.8. The Kier molecular flexibility index (Phi) is 5.95. The Balaban J connectivity index is 1.25. The van der Waals surface area contributed by atoms with Crippen LogP contribution in [-0.2, 0) is 12.8 Å². The van der Waals surface area contributed by atoms with Crippen molar-refractivity contribution in [3.05, 3.63) is 69.7 Å². The molecule has 30 heavy (non-hydrogen) atoms. The maximum atomic E-state index is 6.63. The lowest BCUT2D eigenvalue weighted by Crippen LogP contribution is -2.19. The molecule has 1 nitrogen and oxygen atoms in total. The second kappa shape index (κ2) is 8.67. The summed E-state index contributed by atoms with van der Waals surface area (Å²) < 4.78 is 0. The zero-order valence-electron chi connectivity index (χ0n) is 18.5. The molecule has 5 rings (SSSR count). The molecular formula is C28H36ClN. The highest BCUT2D eigenvalue weighted by molar-refractivity contribution is 6.31. The number of benzene rings is 2. The molecule has 6 atom stereocenters. The van der Waals surface area contributed by atoms with Crippen LogP contribution in [0, 0.1) is 17.8 Å². The van der Waals surface area contributed by atoms with E-state index in [4.69, 9.17) is 11.6 Å². The van der Waals surface area contributed by atoms with Crippen LogP contribution in [0.4, 0.5) is 0 Å². The Morgan fingerprint density at radius 3 is 2.33 bits per heavy atom. The molecule has 160 valence electrons. The summed E-state index contributed by atoms with van der Waals surface area (Å²) in [5, 5.41) is 4.46. The highest BCUT2D eigenvalue weighted by Gasteiger charge is 2.44. The number of nitrogens with one attached hydrogen (secondary N) is 1. The summed E-state index contributed by atoms with van der Waals surface area (Å²) in [6, 6.07) is 17.8. The summed E-state index contributed by atoms with van der Waals surface area (Å²) in [4.78, 5) is 0. The van der Waals surface area contributed by atoms with Crippen LogP contribution < -0.4 is 5.32 Å². The lowest BCUT2D eigenvalue weighted by atomic mass is 9.72. The first-order valence-corrected chi connectivity index (χ1v) is 12.6. The number of hydrogen-bond donors (Lipinski definition) is 1. The summed E-state index contributed by atoms with van der Waals surface area (Å²) in [6.07, 6.45) is 10.3. The van der Waals surface area contributed by atoms with Gasteiger partial charge in [0.2, 0.25) is 0 Å². The molecule has 2 aliphatic carbocycles. The minimum Gasteiger partial charge on any atom is -0.308 e. The van der Waals surface area contributed by atoms with Gasteiger partial charge in [-0.1, -0.05) is 68.3 Å². The van der Waals surface area contributed by atoms with Gasteiger partial charge >= 0.3 is 0 Å². The Morgan fingerprint density at radius 1 is 0.867 bits per heavy atom. The van der Waals surface area contributed by atoms with E-state index < -0.39 is 0 Å². The SMILES string of the molecule is CC[C@@H]1C[C@H](C)C[C@H](c2ccc(Cl)c(Cc3ccc(CC4C[C@@H]5N[C@@H]5C4)cc3)c2)C1. The van der Waals surface area contributed by atoms with E-state index in [9.17, 15) is 0 Å². The Bertz CT molecular complexity index is 863. The van der Waals surface area contributed by atoms with Crippen molar-refractivity contribution in [2.45, 2.75) is 83.2 Å². The molecule has 2 saturated carbocycles. The van der Waals surface area contributed by atoms with Crippen molar-refractivity contribution in [1.82, 2.24) is 5.32 Å². The molecule has 3 aliphatic rings. The smallest absolute Gasteiger partial charge is 0.0441 e. The standard InChI is InChI=1S/C28H36ClN/c1-3-19-10-18(2)11-24(13-19)23-8-9-26(29)25(17-23)14-21-6-4-20(5-7-21)12-22-15-27-28(16-22)30-27/h4-9,17-19,22,24,27-28,30H,3,10-16H2,1-2H3/t18-,19+,22?,24-,27-,28+/m0/s1. The maximum Gasteiger partial charge on any atom is 0.0441 e. The average molecular weight is 422 g/mol. The fraction of sp³-hybridized carbons (Fsp3) is 0.571. The fourth-order valence-electron chi connectivity index (χ4n) is 6.35. The molecule has 1 N–H and O–H groups in total. The summed E-state index contributed by atoms with van der Waals surface area (Å²) in [5.74, 6) is 3.29. The predicted molar refractivity (Wildman–Crippen MR) is 127 cm³/mol. The van der Waals surface area contributed by atoms with Crippen LogP contribution in [0.3, 0.4) is 0 Å². The van der Waals surface area contributed by atoms with Crippen LogP contribution in [0.15, 0.2) is 42.5 Å². The third-order valence-electron chi connectivity index (χ3n) is 8.08. The molecule has 1 heterocycles. The van der Waals surface area contributed by atoms with Crippen molar-refractivity contribution in [3.8, 4) is 0 Å². The Labute approximate surface area is 187 Å². The van der Waals surface area contributed by atoms with Crippen molar-refractivity contribution in [1.29, 1.82) is 0 Å². The third-order valence-corrected chi connectivity index (χ3v) is 8.45. The van der Waals surface area contributed by atoms with Crippen molar-refractivity contribution in [2.24, 2.45) is 17.8 Å². The van der Waals surface area contributed by atoms with E-state index in [1.165, 1.54) is 67.2 Å². The summed E-state index contributed by atoms with van der Waals surface area (Å²) in [5.41, 5.74) is 5.66. The topological polar surface area (TPSA) is 21.9 Å². The monoisotopic (exact) mass is 421 g/mol. The van der Waals surface area contributed by atoms with Gasteiger partial charge in [-0.3, -0.25) is 0 Å². The van der Waals surface area contributed by atoms with Gasteiger partial charge in [0.25, 0.3) is 0 Å². The molecule has 3 fully saturated rings. The van der Waals surface area contributed by atoms with Crippen LogP contribution in [0.2, 0.25) is 5.02 Å². The zero-order valence-corrected chi connectivity index (χ0v) is 19.3. The largest absolute Gasteiger partial charge is 0.308 e. The minimum absolute atomic E-state index is 0.698. The van der Waals surface area contributed by atoms with Gasteiger partial charge in [0, 0.05) is 17.1 Å². The van der Waals surface area contributed by atoms with E-state index in [1.807, 2.05) is 0 Å². The zero-order chi connectivity index (χ0) is 20.7. The summed E-state index contributed by atoms with van der Waals surface area (Å²) >= 11 is 6.63. The molecule has 1 aliphatic heterocycles. The quantitative estimate of drug-likeness (QED) is 0.491. The Hall–Kier alpha value is -1.31.